The van der Waals surface area contributed by atoms with Crippen molar-refractivity contribution in [3.63, 3.8) is 0 Å². The van der Waals surface area contributed by atoms with E-state index < -0.39 is 11.0 Å². The number of nitro groups is 1. The Balaban J connectivity index is 1.83. The summed E-state index contributed by atoms with van der Waals surface area (Å²) in [5.74, 6) is -0.343. The van der Waals surface area contributed by atoms with Crippen molar-refractivity contribution >= 4 is 5.69 Å². The highest BCUT2D eigenvalue weighted by atomic mass is 19.1. The minimum absolute atomic E-state index is 0.0464. The number of halogens is 1. The average molecular weight is 290 g/mol. The summed E-state index contributed by atoms with van der Waals surface area (Å²) in [5.41, 5.74) is 1.56. The molecule has 21 heavy (non-hydrogen) atoms. The predicted molar refractivity (Wildman–Crippen MR) is 76.2 cm³/mol. The van der Waals surface area contributed by atoms with Crippen molar-refractivity contribution in [2.45, 2.75) is 12.6 Å². The number of hydrogen-bond acceptors (Lipinski definition) is 4. The summed E-state index contributed by atoms with van der Waals surface area (Å²) in [6.07, 6.45) is -0.733. The third-order valence-corrected chi connectivity index (χ3v) is 3.07. The van der Waals surface area contributed by atoms with E-state index in [1.54, 1.807) is 12.1 Å². The second kappa shape index (κ2) is 6.92. The lowest BCUT2D eigenvalue weighted by Crippen LogP contribution is -2.21. The number of nitrogens with one attached hydrogen (secondary N) is 1. The molecule has 1 unspecified atom stereocenters. The topological polar surface area (TPSA) is 75.4 Å². The van der Waals surface area contributed by atoms with Gasteiger partial charge in [0.1, 0.15) is 5.82 Å². The first-order valence-electron chi connectivity index (χ1n) is 6.44. The third-order valence-electron chi connectivity index (χ3n) is 3.07. The Labute approximate surface area is 121 Å². The molecule has 0 aliphatic carbocycles. The zero-order valence-electron chi connectivity index (χ0n) is 11.2. The highest BCUT2D eigenvalue weighted by Crippen LogP contribution is 2.14. The Hall–Kier alpha value is -2.31. The van der Waals surface area contributed by atoms with E-state index in [1.807, 2.05) is 0 Å². The highest BCUT2D eigenvalue weighted by Gasteiger charge is 2.08. The Morgan fingerprint density at radius 2 is 1.76 bits per heavy atom. The van der Waals surface area contributed by atoms with Gasteiger partial charge in [-0.25, -0.2) is 4.39 Å². The molecule has 0 amide bonds. The molecule has 0 bridgehead atoms. The summed E-state index contributed by atoms with van der Waals surface area (Å²) in [5, 5.41) is 23.5. The Kier molecular flexibility index (Phi) is 4.97. The molecule has 0 aliphatic heterocycles. The maximum absolute atomic E-state index is 12.8. The fourth-order valence-corrected chi connectivity index (χ4v) is 1.89. The number of nitrogens with zero attached hydrogens (tertiary/aromatic N) is 1. The smallest absolute Gasteiger partial charge is 0.269 e. The summed E-state index contributed by atoms with van der Waals surface area (Å²) in [4.78, 5) is 10.1. The van der Waals surface area contributed by atoms with E-state index in [0.717, 1.165) is 5.56 Å². The van der Waals surface area contributed by atoms with Gasteiger partial charge in [0.25, 0.3) is 5.69 Å². The van der Waals surface area contributed by atoms with Crippen molar-refractivity contribution in [2.24, 2.45) is 0 Å². The van der Waals surface area contributed by atoms with Gasteiger partial charge in [0, 0.05) is 25.2 Å². The van der Waals surface area contributed by atoms with Crippen LogP contribution in [-0.4, -0.2) is 16.6 Å². The first-order chi connectivity index (χ1) is 10.1. The lowest BCUT2D eigenvalue weighted by molar-refractivity contribution is -0.384. The zero-order chi connectivity index (χ0) is 15.2. The zero-order valence-corrected chi connectivity index (χ0v) is 11.2. The minimum atomic E-state index is -0.733. The molecule has 0 spiro atoms. The molecule has 0 radical (unpaired) electrons. The van der Waals surface area contributed by atoms with E-state index in [4.69, 9.17) is 0 Å². The third kappa shape index (κ3) is 4.34. The maximum Gasteiger partial charge on any atom is 0.269 e. The van der Waals surface area contributed by atoms with Gasteiger partial charge >= 0.3 is 0 Å². The van der Waals surface area contributed by atoms with Crippen LogP contribution in [-0.2, 0) is 6.54 Å². The van der Waals surface area contributed by atoms with Gasteiger partial charge < -0.3 is 10.4 Å². The van der Waals surface area contributed by atoms with E-state index in [0.29, 0.717) is 18.7 Å². The molecule has 6 heteroatoms. The normalized spacial score (nSPS) is 12.1. The van der Waals surface area contributed by atoms with Gasteiger partial charge in [0.15, 0.2) is 0 Å². The van der Waals surface area contributed by atoms with Crippen LogP contribution in [0, 0.1) is 15.9 Å². The number of non-ortho nitro benzene ring substituents is 1. The summed E-state index contributed by atoms with van der Waals surface area (Å²) in [7, 11) is 0. The Bertz CT molecular complexity index is 599. The van der Waals surface area contributed by atoms with Gasteiger partial charge in [-0.3, -0.25) is 10.1 Å². The summed E-state index contributed by atoms with van der Waals surface area (Å²) in [6, 6.07) is 11.9. The molecule has 0 saturated carbocycles. The molecule has 0 fully saturated rings. The molecule has 2 aromatic carbocycles. The fraction of sp³-hybridized carbons (Fsp3) is 0.200. The average Bonchev–Trinajstić information content (AvgIpc) is 2.48. The number of hydrogen-bond donors (Lipinski definition) is 2. The van der Waals surface area contributed by atoms with Crippen LogP contribution in [0.15, 0.2) is 48.5 Å². The van der Waals surface area contributed by atoms with Crippen LogP contribution in [0.4, 0.5) is 10.1 Å². The van der Waals surface area contributed by atoms with E-state index in [2.05, 4.69) is 5.32 Å². The second-order valence-corrected chi connectivity index (χ2v) is 4.62. The van der Waals surface area contributed by atoms with Crippen LogP contribution in [0.5, 0.6) is 0 Å². The lowest BCUT2D eigenvalue weighted by Gasteiger charge is -2.12. The molecule has 0 heterocycles. The van der Waals surface area contributed by atoms with Crippen LogP contribution >= 0.6 is 0 Å². The minimum Gasteiger partial charge on any atom is -0.387 e. The number of nitro benzene ring substituents is 1. The van der Waals surface area contributed by atoms with Crippen molar-refractivity contribution in [1.29, 1.82) is 0 Å². The predicted octanol–water partition coefficient (Wildman–Crippen LogP) is 2.56. The molecular weight excluding hydrogens is 275 g/mol. The molecule has 2 aromatic rings. The summed E-state index contributed by atoms with van der Waals surface area (Å²) < 4.78 is 12.8. The standard InChI is InChI=1S/C15H15FN2O3/c16-13-5-3-12(4-6-13)15(19)10-17-9-11-1-7-14(8-2-11)18(20)21/h1-8,15,17,19H,9-10H2. The van der Waals surface area contributed by atoms with E-state index in [9.17, 15) is 19.6 Å². The van der Waals surface area contributed by atoms with E-state index in [-0.39, 0.29) is 11.5 Å². The first-order valence-corrected chi connectivity index (χ1v) is 6.44. The van der Waals surface area contributed by atoms with Gasteiger partial charge in [-0.2, -0.15) is 0 Å². The molecule has 0 aliphatic rings. The van der Waals surface area contributed by atoms with Gasteiger partial charge in [-0.15, -0.1) is 0 Å². The lowest BCUT2D eigenvalue weighted by atomic mass is 10.1. The van der Waals surface area contributed by atoms with Crippen molar-refractivity contribution in [2.75, 3.05) is 6.54 Å². The van der Waals surface area contributed by atoms with Crippen molar-refractivity contribution < 1.29 is 14.4 Å². The Morgan fingerprint density at radius 1 is 1.14 bits per heavy atom. The van der Waals surface area contributed by atoms with Crippen molar-refractivity contribution in [3.8, 4) is 0 Å². The molecule has 0 saturated heterocycles. The molecule has 1 atom stereocenters. The summed E-state index contributed by atoms with van der Waals surface area (Å²) >= 11 is 0. The van der Waals surface area contributed by atoms with Crippen LogP contribution in [0.1, 0.15) is 17.2 Å². The fourth-order valence-electron chi connectivity index (χ4n) is 1.89. The van der Waals surface area contributed by atoms with Gasteiger partial charge in [-0.1, -0.05) is 24.3 Å². The highest BCUT2D eigenvalue weighted by molar-refractivity contribution is 5.32. The number of benzene rings is 2. The number of aliphatic hydroxyl groups excluding tert-OH is 1. The van der Waals surface area contributed by atoms with Crippen molar-refractivity contribution in [1.82, 2.24) is 5.32 Å². The maximum atomic E-state index is 12.8. The van der Waals surface area contributed by atoms with Gasteiger partial charge in [0.2, 0.25) is 0 Å². The largest absolute Gasteiger partial charge is 0.387 e. The quantitative estimate of drug-likeness (QED) is 0.633. The number of rotatable bonds is 6. The van der Waals surface area contributed by atoms with Crippen LogP contribution in [0.2, 0.25) is 0 Å². The van der Waals surface area contributed by atoms with Crippen LogP contribution < -0.4 is 5.32 Å². The van der Waals surface area contributed by atoms with Crippen molar-refractivity contribution in [3.05, 3.63) is 75.6 Å². The summed E-state index contributed by atoms with van der Waals surface area (Å²) in [6.45, 7) is 0.791. The molecule has 110 valence electrons. The molecule has 5 nitrogen and oxygen atoms in total. The molecule has 2 rings (SSSR count). The number of aliphatic hydroxyl groups is 1. The van der Waals surface area contributed by atoms with E-state index in [1.165, 1.54) is 36.4 Å². The van der Waals surface area contributed by atoms with Crippen LogP contribution in [0.25, 0.3) is 0 Å². The van der Waals surface area contributed by atoms with Gasteiger partial charge in [-0.05, 0) is 23.3 Å². The van der Waals surface area contributed by atoms with Crippen LogP contribution in [0.3, 0.4) is 0 Å². The monoisotopic (exact) mass is 290 g/mol. The first kappa shape index (κ1) is 15.1. The molecular formula is C15H15FN2O3. The van der Waals surface area contributed by atoms with E-state index >= 15 is 0 Å². The van der Waals surface area contributed by atoms with Gasteiger partial charge in [0.05, 0.1) is 11.0 Å². The molecule has 2 N–H and O–H groups in total. The second-order valence-electron chi connectivity index (χ2n) is 4.62. The molecule has 0 aromatic heterocycles. The Morgan fingerprint density at radius 3 is 2.33 bits per heavy atom. The SMILES string of the molecule is O=[N+]([O-])c1ccc(CNCC(O)c2ccc(F)cc2)cc1.